The Labute approximate surface area is 107 Å². The lowest BCUT2D eigenvalue weighted by Crippen LogP contribution is -2.03. The van der Waals surface area contributed by atoms with Crippen molar-refractivity contribution in [2.75, 3.05) is 5.73 Å². The molecule has 0 atom stereocenters. The average Bonchev–Trinajstić information content (AvgIpc) is 2.81. The molecule has 0 spiro atoms. The molecule has 1 heterocycles. The molecule has 0 amide bonds. The van der Waals surface area contributed by atoms with E-state index in [0.29, 0.717) is 0 Å². The molecule has 0 fully saturated rings. The third-order valence-corrected chi connectivity index (χ3v) is 2.53. The number of rotatable bonds is 2. The molecule has 0 saturated carbocycles. The number of halogens is 2. The minimum absolute atomic E-state index is 0.0785. The van der Waals surface area contributed by atoms with Gasteiger partial charge < -0.3 is 5.73 Å². The molecule has 2 rings (SSSR count). The van der Waals surface area contributed by atoms with E-state index in [0.717, 1.165) is 17.0 Å². The second-order valence-corrected chi connectivity index (χ2v) is 3.65. The van der Waals surface area contributed by atoms with Crippen LogP contribution in [0.25, 0.3) is 5.69 Å². The Balaban J connectivity index is 2.70. The molecule has 19 heavy (non-hydrogen) atoms. The normalized spacial score (nSPS) is 10.2. The smallest absolute Gasteiger partial charge is 0.265 e. The Bertz CT molecular complexity index is 706. The van der Waals surface area contributed by atoms with Gasteiger partial charge in [0.25, 0.3) is 6.43 Å². The molecule has 94 valence electrons. The standard InChI is InChI=1S/C12H7F2N5/c13-12(14)8-3-7(17)1-2-10(8)19-6-18-9(4-15)11(19)5-16/h1-3,6,12H,17H2. The van der Waals surface area contributed by atoms with Gasteiger partial charge in [-0.05, 0) is 18.2 Å². The van der Waals surface area contributed by atoms with Crippen molar-refractivity contribution in [3.63, 3.8) is 0 Å². The highest BCUT2D eigenvalue weighted by Gasteiger charge is 2.18. The zero-order valence-electron chi connectivity index (χ0n) is 9.51. The number of imidazole rings is 1. The van der Waals surface area contributed by atoms with Crippen molar-refractivity contribution in [3.8, 4) is 17.8 Å². The highest BCUT2D eigenvalue weighted by Crippen LogP contribution is 2.29. The molecule has 0 saturated heterocycles. The van der Waals surface area contributed by atoms with Crippen LogP contribution in [0.3, 0.4) is 0 Å². The first kappa shape index (κ1) is 12.5. The lowest BCUT2D eigenvalue weighted by atomic mass is 10.1. The molecule has 7 heteroatoms. The first-order valence-electron chi connectivity index (χ1n) is 5.14. The number of aromatic nitrogens is 2. The maximum atomic E-state index is 13.0. The van der Waals surface area contributed by atoms with E-state index in [9.17, 15) is 8.78 Å². The van der Waals surface area contributed by atoms with Gasteiger partial charge in [0.05, 0.1) is 5.69 Å². The number of alkyl halides is 2. The molecule has 0 radical (unpaired) electrons. The van der Waals surface area contributed by atoms with E-state index in [1.54, 1.807) is 12.1 Å². The van der Waals surface area contributed by atoms with E-state index in [-0.39, 0.29) is 28.3 Å². The van der Waals surface area contributed by atoms with Gasteiger partial charge in [-0.1, -0.05) is 0 Å². The monoisotopic (exact) mass is 259 g/mol. The van der Waals surface area contributed by atoms with E-state index < -0.39 is 6.43 Å². The summed E-state index contributed by atoms with van der Waals surface area (Å²) in [4.78, 5) is 3.71. The fourth-order valence-corrected chi connectivity index (χ4v) is 1.69. The highest BCUT2D eigenvalue weighted by atomic mass is 19.3. The Kier molecular flexibility index (Phi) is 3.13. The van der Waals surface area contributed by atoms with Crippen LogP contribution in [-0.2, 0) is 0 Å². The average molecular weight is 259 g/mol. The molecular formula is C12H7F2N5. The lowest BCUT2D eigenvalue weighted by Gasteiger charge is -2.11. The molecule has 0 aliphatic carbocycles. The van der Waals surface area contributed by atoms with Crippen molar-refractivity contribution < 1.29 is 8.78 Å². The van der Waals surface area contributed by atoms with Crippen molar-refractivity contribution in [2.45, 2.75) is 6.43 Å². The van der Waals surface area contributed by atoms with Crippen molar-refractivity contribution in [1.29, 1.82) is 10.5 Å². The second kappa shape index (κ2) is 4.75. The second-order valence-electron chi connectivity index (χ2n) is 3.65. The summed E-state index contributed by atoms with van der Waals surface area (Å²) >= 11 is 0. The summed E-state index contributed by atoms with van der Waals surface area (Å²) in [5, 5.41) is 17.8. The Morgan fingerprint density at radius 3 is 2.58 bits per heavy atom. The summed E-state index contributed by atoms with van der Waals surface area (Å²) in [5.74, 6) is 0. The quantitative estimate of drug-likeness (QED) is 0.836. The van der Waals surface area contributed by atoms with Crippen LogP contribution in [0.1, 0.15) is 23.4 Å². The van der Waals surface area contributed by atoms with Crippen LogP contribution < -0.4 is 5.73 Å². The lowest BCUT2D eigenvalue weighted by molar-refractivity contribution is 0.151. The van der Waals surface area contributed by atoms with Crippen LogP contribution in [0.15, 0.2) is 24.5 Å². The van der Waals surface area contributed by atoms with Gasteiger partial charge in [-0.2, -0.15) is 10.5 Å². The molecule has 0 aliphatic heterocycles. The van der Waals surface area contributed by atoms with Crippen LogP contribution in [0.4, 0.5) is 14.5 Å². The molecule has 2 N–H and O–H groups in total. The minimum atomic E-state index is -2.75. The molecular weight excluding hydrogens is 252 g/mol. The molecule has 1 aromatic carbocycles. The largest absolute Gasteiger partial charge is 0.399 e. The predicted molar refractivity (Wildman–Crippen MR) is 62.4 cm³/mol. The first-order chi connectivity index (χ1) is 9.08. The minimum Gasteiger partial charge on any atom is -0.399 e. The van der Waals surface area contributed by atoms with Crippen molar-refractivity contribution in [1.82, 2.24) is 9.55 Å². The van der Waals surface area contributed by atoms with Gasteiger partial charge >= 0.3 is 0 Å². The topological polar surface area (TPSA) is 91.4 Å². The molecule has 5 nitrogen and oxygen atoms in total. The number of benzene rings is 1. The van der Waals surface area contributed by atoms with Gasteiger partial charge in [-0.15, -0.1) is 0 Å². The maximum Gasteiger partial charge on any atom is 0.265 e. The SMILES string of the molecule is N#Cc1ncn(-c2ccc(N)cc2C(F)F)c1C#N. The Morgan fingerprint density at radius 1 is 1.26 bits per heavy atom. The maximum absolute atomic E-state index is 13.0. The summed E-state index contributed by atoms with van der Waals surface area (Å²) in [5.41, 5.74) is 5.22. The third kappa shape index (κ3) is 2.09. The zero-order chi connectivity index (χ0) is 14.0. The summed E-state index contributed by atoms with van der Waals surface area (Å²) in [6, 6.07) is 7.44. The van der Waals surface area contributed by atoms with E-state index >= 15 is 0 Å². The molecule has 0 unspecified atom stereocenters. The predicted octanol–water partition coefficient (Wildman–Crippen LogP) is 2.14. The van der Waals surface area contributed by atoms with Gasteiger partial charge in [0, 0.05) is 11.3 Å². The Hall–Kier alpha value is -2.93. The fraction of sp³-hybridized carbons (Fsp3) is 0.0833. The van der Waals surface area contributed by atoms with Crippen LogP contribution in [-0.4, -0.2) is 9.55 Å². The zero-order valence-corrected chi connectivity index (χ0v) is 9.51. The van der Waals surface area contributed by atoms with E-state index in [2.05, 4.69) is 4.98 Å². The van der Waals surface area contributed by atoms with Crippen LogP contribution in [0.5, 0.6) is 0 Å². The molecule has 2 aromatic rings. The van der Waals surface area contributed by atoms with Crippen molar-refractivity contribution in [3.05, 3.63) is 41.5 Å². The number of nitriles is 2. The Morgan fingerprint density at radius 2 is 2.00 bits per heavy atom. The van der Waals surface area contributed by atoms with Crippen molar-refractivity contribution >= 4 is 5.69 Å². The first-order valence-corrected chi connectivity index (χ1v) is 5.14. The van der Waals surface area contributed by atoms with Crippen LogP contribution in [0.2, 0.25) is 0 Å². The van der Waals surface area contributed by atoms with Gasteiger partial charge in [-0.3, -0.25) is 4.57 Å². The van der Waals surface area contributed by atoms with Crippen molar-refractivity contribution in [2.24, 2.45) is 0 Å². The number of nitrogens with two attached hydrogens (primary N) is 1. The van der Waals surface area contributed by atoms with Gasteiger partial charge in [0.1, 0.15) is 18.5 Å². The van der Waals surface area contributed by atoms with Crippen LogP contribution >= 0.6 is 0 Å². The summed E-state index contributed by atoms with van der Waals surface area (Å²) in [6.07, 6.45) is -1.59. The van der Waals surface area contributed by atoms with E-state index in [1.807, 2.05) is 0 Å². The number of hydrogen-bond donors (Lipinski definition) is 1. The summed E-state index contributed by atoms with van der Waals surface area (Å²) < 4.78 is 27.1. The molecule has 0 aliphatic rings. The summed E-state index contributed by atoms with van der Waals surface area (Å²) in [7, 11) is 0. The number of hydrogen-bond acceptors (Lipinski definition) is 4. The van der Waals surface area contributed by atoms with Crippen LogP contribution in [0, 0.1) is 22.7 Å². The van der Waals surface area contributed by atoms with Gasteiger partial charge in [0.2, 0.25) is 0 Å². The van der Waals surface area contributed by atoms with E-state index in [1.165, 1.54) is 12.1 Å². The number of anilines is 1. The van der Waals surface area contributed by atoms with E-state index in [4.69, 9.17) is 16.3 Å². The number of nitrogens with zero attached hydrogens (tertiary/aromatic N) is 4. The number of nitrogen functional groups attached to an aromatic ring is 1. The third-order valence-electron chi connectivity index (χ3n) is 2.53. The highest BCUT2D eigenvalue weighted by molar-refractivity contribution is 5.54. The fourth-order valence-electron chi connectivity index (χ4n) is 1.69. The van der Waals surface area contributed by atoms with Gasteiger partial charge in [-0.25, -0.2) is 13.8 Å². The molecule has 1 aromatic heterocycles. The summed E-state index contributed by atoms with van der Waals surface area (Å²) in [6.45, 7) is 0. The molecule has 0 bridgehead atoms. The van der Waals surface area contributed by atoms with Gasteiger partial charge in [0.15, 0.2) is 11.4 Å².